The molecule has 0 amide bonds. The van der Waals surface area contributed by atoms with Crippen molar-refractivity contribution in [2.45, 2.75) is 25.9 Å². The number of halogens is 1. The van der Waals surface area contributed by atoms with Crippen molar-refractivity contribution in [3.63, 3.8) is 0 Å². The van der Waals surface area contributed by atoms with E-state index in [1.807, 2.05) is 13.8 Å². The van der Waals surface area contributed by atoms with Gasteiger partial charge < -0.3 is 9.47 Å². The van der Waals surface area contributed by atoms with Gasteiger partial charge in [-0.3, -0.25) is 10.1 Å². The molecular weight excluding hydrogens is 262 g/mol. The molecule has 0 aliphatic carbocycles. The minimum Gasteiger partial charge on any atom is -0.473 e. The molecule has 0 aliphatic heterocycles. The Labute approximate surface area is 109 Å². The summed E-state index contributed by atoms with van der Waals surface area (Å²) in [6, 6.07) is 0. The molecule has 0 aromatic carbocycles. The standard InChI is InChI=1S/C10H14ClN3O4/c1-10(2,17-3)4-5-18-9-7(14(15)16)8(11)12-6-13-9/h6H,4-5H2,1-3H3. The Morgan fingerprint density at radius 2 is 2.17 bits per heavy atom. The van der Waals surface area contributed by atoms with Gasteiger partial charge in [0.15, 0.2) is 0 Å². The summed E-state index contributed by atoms with van der Waals surface area (Å²) in [5, 5.41) is 10.6. The van der Waals surface area contributed by atoms with E-state index < -0.39 is 10.6 Å². The topological polar surface area (TPSA) is 87.4 Å². The molecule has 0 atom stereocenters. The van der Waals surface area contributed by atoms with Crippen LogP contribution in [0.15, 0.2) is 6.33 Å². The van der Waals surface area contributed by atoms with Gasteiger partial charge in [0.1, 0.15) is 6.33 Å². The highest BCUT2D eigenvalue weighted by atomic mass is 35.5. The molecule has 8 heteroatoms. The summed E-state index contributed by atoms with van der Waals surface area (Å²) in [5.74, 6) is -0.132. The van der Waals surface area contributed by atoms with E-state index in [1.165, 1.54) is 0 Å². The van der Waals surface area contributed by atoms with E-state index in [9.17, 15) is 10.1 Å². The molecule has 0 saturated carbocycles. The Morgan fingerprint density at radius 3 is 2.72 bits per heavy atom. The van der Waals surface area contributed by atoms with Gasteiger partial charge in [0.2, 0.25) is 5.15 Å². The fourth-order valence-electron chi connectivity index (χ4n) is 1.10. The Balaban J connectivity index is 2.74. The van der Waals surface area contributed by atoms with Crippen molar-refractivity contribution in [2.75, 3.05) is 13.7 Å². The zero-order valence-electron chi connectivity index (χ0n) is 10.3. The molecule has 7 nitrogen and oxygen atoms in total. The molecule has 1 aromatic rings. The van der Waals surface area contributed by atoms with Crippen LogP contribution in [-0.2, 0) is 4.74 Å². The Morgan fingerprint density at radius 1 is 1.50 bits per heavy atom. The quantitative estimate of drug-likeness (QED) is 0.449. The average Bonchev–Trinajstić information content (AvgIpc) is 2.28. The number of ether oxygens (including phenoxy) is 2. The van der Waals surface area contributed by atoms with Crippen molar-refractivity contribution >= 4 is 17.3 Å². The van der Waals surface area contributed by atoms with E-state index in [1.54, 1.807) is 7.11 Å². The lowest BCUT2D eigenvalue weighted by Gasteiger charge is -2.22. The molecule has 0 aliphatic rings. The van der Waals surface area contributed by atoms with Crippen LogP contribution in [0.5, 0.6) is 5.88 Å². The maximum absolute atomic E-state index is 10.8. The fourth-order valence-corrected chi connectivity index (χ4v) is 1.29. The van der Waals surface area contributed by atoms with E-state index in [4.69, 9.17) is 21.1 Å². The van der Waals surface area contributed by atoms with Gasteiger partial charge in [-0.1, -0.05) is 11.6 Å². The van der Waals surface area contributed by atoms with Gasteiger partial charge in [0.25, 0.3) is 5.88 Å². The van der Waals surface area contributed by atoms with Crippen LogP contribution in [0, 0.1) is 10.1 Å². The third kappa shape index (κ3) is 3.78. The second-order valence-corrected chi connectivity index (χ2v) is 4.50. The molecule has 100 valence electrons. The SMILES string of the molecule is COC(C)(C)CCOc1ncnc(Cl)c1[N+](=O)[O-]. The van der Waals surface area contributed by atoms with E-state index >= 15 is 0 Å². The Kier molecular flexibility index (Phi) is 4.80. The smallest absolute Gasteiger partial charge is 0.367 e. The van der Waals surface area contributed by atoms with Crippen molar-refractivity contribution in [3.8, 4) is 5.88 Å². The first-order valence-corrected chi connectivity index (χ1v) is 5.58. The average molecular weight is 276 g/mol. The van der Waals surface area contributed by atoms with Crippen LogP contribution < -0.4 is 4.74 Å². The van der Waals surface area contributed by atoms with Gasteiger partial charge >= 0.3 is 5.69 Å². The third-order valence-corrected chi connectivity index (χ3v) is 2.70. The van der Waals surface area contributed by atoms with E-state index in [0.717, 1.165) is 6.33 Å². The first-order valence-electron chi connectivity index (χ1n) is 5.20. The highest BCUT2D eigenvalue weighted by Crippen LogP contribution is 2.30. The summed E-state index contributed by atoms with van der Waals surface area (Å²) in [5.41, 5.74) is -0.791. The molecular formula is C10H14ClN3O4. The summed E-state index contributed by atoms with van der Waals surface area (Å²) in [6.45, 7) is 4.00. The van der Waals surface area contributed by atoms with E-state index in [0.29, 0.717) is 6.42 Å². The third-order valence-electron chi connectivity index (χ3n) is 2.42. The van der Waals surface area contributed by atoms with Crippen molar-refractivity contribution in [2.24, 2.45) is 0 Å². The largest absolute Gasteiger partial charge is 0.473 e. The molecule has 1 aromatic heterocycles. The van der Waals surface area contributed by atoms with Crippen LogP contribution >= 0.6 is 11.6 Å². The molecule has 0 N–H and O–H groups in total. The number of hydrogen-bond acceptors (Lipinski definition) is 6. The van der Waals surface area contributed by atoms with Crippen LogP contribution in [0.1, 0.15) is 20.3 Å². The predicted octanol–water partition coefficient (Wildman–Crippen LogP) is 2.23. The molecule has 18 heavy (non-hydrogen) atoms. The number of rotatable bonds is 6. The predicted molar refractivity (Wildman–Crippen MR) is 64.9 cm³/mol. The highest BCUT2D eigenvalue weighted by Gasteiger charge is 2.24. The van der Waals surface area contributed by atoms with Gasteiger partial charge in [-0.05, 0) is 13.8 Å². The number of aromatic nitrogens is 2. The first-order chi connectivity index (χ1) is 8.37. The van der Waals surface area contributed by atoms with Crippen molar-refractivity contribution in [3.05, 3.63) is 21.6 Å². The fraction of sp³-hybridized carbons (Fsp3) is 0.600. The van der Waals surface area contributed by atoms with Gasteiger partial charge in [0.05, 0.1) is 17.1 Å². The number of methoxy groups -OCH3 is 1. The highest BCUT2D eigenvalue weighted by molar-refractivity contribution is 6.31. The number of hydrogen-bond donors (Lipinski definition) is 0. The second kappa shape index (κ2) is 5.92. The lowest BCUT2D eigenvalue weighted by molar-refractivity contribution is -0.386. The van der Waals surface area contributed by atoms with Gasteiger partial charge in [0, 0.05) is 13.5 Å². The van der Waals surface area contributed by atoms with Crippen LogP contribution in [-0.4, -0.2) is 34.2 Å². The molecule has 1 rings (SSSR count). The lowest BCUT2D eigenvalue weighted by Crippen LogP contribution is -2.25. The summed E-state index contributed by atoms with van der Waals surface area (Å²) in [4.78, 5) is 17.4. The van der Waals surface area contributed by atoms with Crippen LogP contribution in [0.3, 0.4) is 0 Å². The van der Waals surface area contributed by atoms with Crippen LogP contribution in [0.25, 0.3) is 0 Å². The molecule has 1 heterocycles. The summed E-state index contributed by atoms with van der Waals surface area (Å²) in [7, 11) is 1.59. The van der Waals surface area contributed by atoms with Crippen molar-refractivity contribution in [1.82, 2.24) is 9.97 Å². The van der Waals surface area contributed by atoms with E-state index in [2.05, 4.69) is 9.97 Å². The van der Waals surface area contributed by atoms with Gasteiger partial charge in [-0.15, -0.1) is 0 Å². The van der Waals surface area contributed by atoms with Crippen LogP contribution in [0.2, 0.25) is 5.15 Å². The van der Waals surface area contributed by atoms with Crippen molar-refractivity contribution in [1.29, 1.82) is 0 Å². The zero-order chi connectivity index (χ0) is 13.8. The molecule has 0 bridgehead atoms. The maximum atomic E-state index is 10.8. The molecule has 0 radical (unpaired) electrons. The Bertz CT molecular complexity index is 439. The zero-order valence-corrected chi connectivity index (χ0v) is 11.1. The van der Waals surface area contributed by atoms with Crippen LogP contribution in [0.4, 0.5) is 5.69 Å². The summed E-state index contributed by atoms with van der Waals surface area (Å²) in [6.07, 6.45) is 1.68. The minimum atomic E-state index is -0.668. The normalized spacial score (nSPS) is 11.3. The second-order valence-electron chi connectivity index (χ2n) is 4.14. The Hall–Kier alpha value is -1.47. The van der Waals surface area contributed by atoms with Gasteiger partial charge in [-0.2, -0.15) is 4.98 Å². The minimum absolute atomic E-state index is 0.132. The number of nitro groups is 1. The molecule has 0 saturated heterocycles. The maximum Gasteiger partial charge on any atom is 0.367 e. The summed E-state index contributed by atoms with van der Waals surface area (Å²) >= 11 is 5.62. The van der Waals surface area contributed by atoms with E-state index in [-0.39, 0.29) is 23.2 Å². The van der Waals surface area contributed by atoms with Crippen molar-refractivity contribution < 1.29 is 14.4 Å². The summed E-state index contributed by atoms with van der Waals surface area (Å²) < 4.78 is 10.5. The first kappa shape index (κ1) is 14.6. The molecule has 0 spiro atoms. The monoisotopic (exact) mass is 275 g/mol. The molecule has 0 fully saturated rings. The molecule has 0 unspecified atom stereocenters. The number of nitrogens with zero attached hydrogens (tertiary/aromatic N) is 3. The van der Waals surface area contributed by atoms with Gasteiger partial charge in [-0.25, -0.2) is 4.98 Å². The lowest BCUT2D eigenvalue weighted by atomic mass is 10.1.